The van der Waals surface area contributed by atoms with E-state index in [4.69, 9.17) is 0 Å². The summed E-state index contributed by atoms with van der Waals surface area (Å²) in [5.41, 5.74) is -2.16. The van der Waals surface area contributed by atoms with Gasteiger partial charge in [0.1, 0.15) is 10.7 Å². The van der Waals surface area contributed by atoms with E-state index in [2.05, 4.69) is 4.98 Å². The Morgan fingerprint density at radius 3 is 2.43 bits per heavy atom. The van der Waals surface area contributed by atoms with E-state index >= 15 is 0 Å². The van der Waals surface area contributed by atoms with Crippen LogP contribution in [0, 0.1) is 5.82 Å². The van der Waals surface area contributed by atoms with Crippen molar-refractivity contribution in [3.63, 3.8) is 0 Å². The highest BCUT2D eigenvalue weighted by Crippen LogP contribution is 2.36. The first-order valence-corrected chi connectivity index (χ1v) is 6.98. The lowest BCUT2D eigenvalue weighted by Gasteiger charge is -2.14. The van der Waals surface area contributed by atoms with E-state index in [-0.39, 0.29) is 11.0 Å². The molecule has 0 aliphatic heterocycles. The van der Waals surface area contributed by atoms with Gasteiger partial charge in [-0.3, -0.25) is 9.71 Å². The standard InChI is InChI=1S/C12H8F4N2O2S/c13-8-3-4-11(10(6-8)12(14,15)16)18-21(19,20)9-2-1-5-17-7-9/h1-7,18H. The fourth-order valence-electron chi connectivity index (χ4n) is 1.55. The minimum Gasteiger partial charge on any atom is -0.279 e. The number of hydrogen-bond donors (Lipinski definition) is 1. The molecule has 21 heavy (non-hydrogen) atoms. The summed E-state index contributed by atoms with van der Waals surface area (Å²) in [6.45, 7) is 0. The largest absolute Gasteiger partial charge is 0.418 e. The first-order chi connectivity index (χ1) is 9.70. The van der Waals surface area contributed by atoms with E-state index in [0.29, 0.717) is 6.07 Å². The van der Waals surface area contributed by atoms with Gasteiger partial charge in [0.05, 0.1) is 11.3 Å². The first kappa shape index (κ1) is 15.2. The second-order valence-corrected chi connectivity index (χ2v) is 5.66. The third kappa shape index (κ3) is 3.48. The molecule has 0 unspecified atom stereocenters. The van der Waals surface area contributed by atoms with E-state index < -0.39 is 33.3 Å². The third-order valence-corrected chi connectivity index (χ3v) is 3.83. The number of anilines is 1. The summed E-state index contributed by atoms with van der Waals surface area (Å²) in [6, 6.07) is 4.17. The van der Waals surface area contributed by atoms with Crippen molar-refractivity contribution < 1.29 is 26.0 Å². The smallest absolute Gasteiger partial charge is 0.279 e. The van der Waals surface area contributed by atoms with Crippen molar-refractivity contribution in [2.45, 2.75) is 11.1 Å². The maximum atomic E-state index is 12.9. The minimum atomic E-state index is -4.89. The Balaban J connectivity index is 2.45. The summed E-state index contributed by atoms with van der Waals surface area (Å²) in [5.74, 6) is -1.12. The first-order valence-electron chi connectivity index (χ1n) is 5.50. The molecule has 0 saturated heterocycles. The highest BCUT2D eigenvalue weighted by atomic mass is 32.2. The zero-order valence-electron chi connectivity index (χ0n) is 10.2. The molecule has 112 valence electrons. The normalized spacial score (nSPS) is 12.2. The molecule has 1 N–H and O–H groups in total. The van der Waals surface area contributed by atoms with Crippen molar-refractivity contribution in [3.8, 4) is 0 Å². The van der Waals surface area contributed by atoms with Gasteiger partial charge in [-0.05, 0) is 30.3 Å². The number of alkyl halides is 3. The molecule has 0 fully saturated rings. The van der Waals surface area contributed by atoms with Crippen molar-refractivity contribution in [1.29, 1.82) is 0 Å². The quantitative estimate of drug-likeness (QED) is 0.884. The van der Waals surface area contributed by atoms with Crippen LogP contribution in [-0.2, 0) is 16.2 Å². The fourth-order valence-corrected chi connectivity index (χ4v) is 2.59. The lowest BCUT2D eigenvalue weighted by atomic mass is 10.2. The Bertz CT molecular complexity index is 746. The van der Waals surface area contributed by atoms with E-state index in [1.807, 2.05) is 0 Å². The van der Waals surface area contributed by atoms with Crippen LogP contribution in [0.2, 0.25) is 0 Å². The summed E-state index contributed by atoms with van der Waals surface area (Å²) < 4.78 is 77.0. The summed E-state index contributed by atoms with van der Waals surface area (Å²) in [7, 11) is -4.24. The van der Waals surface area contributed by atoms with Gasteiger partial charge in [0, 0.05) is 12.4 Å². The zero-order chi connectivity index (χ0) is 15.7. The molecule has 9 heteroatoms. The number of benzene rings is 1. The molecular formula is C12H8F4N2O2S. The average Bonchev–Trinajstić information content (AvgIpc) is 2.40. The molecule has 0 bridgehead atoms. The van der Waals surface area contributed by atoms with Gasteiger partial charge in [-0.2, -0.15) is 13.2 Å². The van der Waals surface area contributed by atoms with Gasteiger partial charge in [0.2, 0.25) is 0 Å². The Hall–Kier alpha value is -2.16. The van der Waals surface area contributed by atoms with Gasteiger partial charge in [0.25, 0.3) is 10.0 Å². The summed E-state index contributed by atoms with van der Waals surface area (Å²) >= 11 is 0. The van der Waals surface area contributed by atoms with Gasteiger partial charge in [0.15, 0.2) is 0 Å². The molecule has 4 nitrogen and oxygen atoms in total. The molecule has 2 rings (SSSR count). The van der Waals surface area contributed by atoms with Crippen LogP contribution in [0.3, 0.4) is 0 Å². The van der Waals surface area contributed by atoms with Crippen molar-refractivity contribution in [2.75, 3.05) is 4.72 Å². The summed E-state index contributed by atoms with van der Waals surface area (Å²) in [4.78, 5) is 3.27. The fraction of sp³-hybridized carbons (Fsp3) is 0.0833. The molecule has 0 atom stereocenters. The van der Waals surface area contributed by atoms with Crippen LogP contribution in [0.1, 0.15) is 5.56 Å². The summed E-state index contributed by atoms with van der Waals surface area (Å²) in [5, 5.41) is 0. The van der Waals surface area contributed by atoms with Gasteiger partial charge in [-0.1, -0.05) is 0 Å². The van der Waals surface area contributed by atoms with Crippen molar-refractivity contribution in [2.24, 2.45) is 0 Å². The van der Waals surface area contributed by atoms with Crippen LogP contribution >= 0.6 is 0 Å². The molecule has 0 aliphatic carbocycles. The second-order valence-electron chi connectivity index (χ2n) is 3.98. The molecule has 0 radical (unpaired) electrons. The van der Waals surface area contributed by atoms with Crippen LogP contribution < -0.4 is 4.72 Å². The molecule has 0 amide bonds. The van der Waals surface area contributed by atoms with E-state index in [1.165, 1.54) is 18.3 Å². The predicted molar refractivity (Wildman–Crippen MR) is 66.4 cm³/mol. The second kappa shape index (κ2) is 5.32. The van der Waals surface area contributed by atoms with Crippen LogP contribution in [0.15, 0.2) is 47.6 Å². The molecule has 1 aromatic heterocycles. The highest BCUT2D eigenvalue weighted by molar-refractivity contribution is 7.92. The number of nitrogens with one attached hydrogen (secondary N) is 1. The van der Waals surface area contributed by atoms with Crippen molar-refractivity contribution >= 4 is 15.7 Å². The third-order valence-electron chi connectivity index (χ3n) is 2.48. The molecule has 0 saturated carbocycles. The van der Waals surface area contributed by atoms with Gasteiger partial charge in [-0.25, -0.2) is 12.8 Å². The van der Waals surface area contributed by atoms with Crippen molar-refractivity contribution in [1.82, 2.24) is 4.98 Å². The molecule has 1 heterocycles. The van der Waals surface area contributed by atoms with E-state index in [0.717, 1.165) is 12.3 Å². The SMILES string of the molecule is O=S(=O)(Nc1ccc(F)cc1C(F)(F)F)c1cccnc1. The molecule has 0 aliphatic rings. The number of nitrogens with zero attached hydrogens (tertiary/aromatic N) is 1. The number of hydrogen-bond acceptors (Lipinski definition) is 3. The minimum absolute atomic E-state index is 0.223. The topological polar surface area (TPSA) is 59.1 Å². The number of sulfonamides is 1. The Labute approximate surface area is 117 Å². The lowest BCUT2D eigenvalue weighted by molar-refractivity contribution is -0.137. The van der Waals surface area contributed by atoms with Crippen molar-refractivity contribution in [3.05, 3.63) is 54.1 Å². The molecular weight excluding hydrogens is 312 g/mol. The number of halogens is 4. The molecule has 1 aromatic carbocycles. The number of rotatable bonds is 3. The molecule has 2 aromatic rings. The maximum Gasteiger partial charge on any atom is 0.418 e. The average molecular weight is 320 g/mol. The van der Waals surface area contributed by atoms with Crippen LogP contribution in [0.25, 0.3) is 0 Å². The van der Waals surface area contributed by atoms with Crippen LogP contribution in [0.4, 0.5) is 23.2 Å². The van der Waals surface area contributed by atoms with E-state index in [1.54, 1.807) is 4.72 Å². The van der Waals surface area contributed by atoms with Crippen LogP contribution in [0.5, 0.6) is 0 Å². The number of pyridine rings is 1. The summed E-state index contributed by atoms with van der Waals surface area (Å²) in [6.07, 6.45) is -2.59. The maximum absolute atomic E-state index is 12.9. The van der Waals surface area contributed by atoms with Gasteiger partial charge in [-0.15, -0.1) is 0 Å². The van der Waals surface area contributed by atoms with E-state index in [9.17, 15) is 26.0 Å². The predicted octanol–water partition coefficient (Wildman–Crippen LogP) is 3.04. The van der Waals surface area contributed by atoms with Gasteiger partial charge < -0.3 is 0 Å². The highest BCUT2D eigenvalue weighted by Gasteiger charge is 2.35. The Kier molecular flexibility index (Phi) is 3.86. The van der Waals surface area contributed by atoms with Gasteiger partial charge >= 0.3 is 6.18 Å². The Morgan fingerprint density at radius 2 is 1.86 bits per heavy atom. The zero-order valence-corrected chi connectivity index (χ0v) is 11.0. The molecule has 0 spiro atoms. The Morgan fingerprint density at radius 1 is 1.14 bits per heavy atom. The lowest BCUT2D eigenvalue weighted by Crippen LogP contribution is -2.17. The van der Waals surface area contributed by atoms with Crippen LogP contribution in [-0.4, -0.2) is 13.4 Å². The number of aromatic nitrogens is 1. The monoisotopic (exact) mass is 320 g/mol.